The summed E-state index contributed by atoms with van der Waals surface area (Å²) in [6.45, 7) is 1.78. The number of benzene rings is 1. The molecular weight excluding hydrogens is 279 g/mol. The van der Waals surface area contributed by atoms with Crippen molar-refractivity contribution >= 4 is 16.6 Å². The Hall–Kier alpha value is -1.82. The van der Waals surface area contributed by atoms with Gasteiger partial charge >= 0.3 is 6.18 Å². The molecule has 0 aliphatic carbocycles. The first-order valence-electron chi connectivity index (χ1n) is 6.87. The van der Waals surface area contributed by atoms with E-state index in [9.17, 15) is 13.2 Å². The average molecular weight is 295 g/mol. The maximum Gasteiger partial charge on any atom is 0.418 e. The molecule has 1 fully saturated rings. The van der Waals surface area contributed by atoms with Crippen LogP contribution in [0.2, 0.25) is 0 Å². The molecule has 21 heavy (non-hydrogen) atoms. The normalized spacial score (nSPS) is 19.1. The highest BCUT2D eigenvalue weighted by molar-refractivity contribution is 5.94. The van der Waals surface area contributed by atoms with Crippen molar-refractivity contribution in [3.63, 3.8) is 0 Å². The number of fused-ring (bicyclic) bond motifs is 1. The molecule has 0 unspecified atom stereocenters. The van der Waals surface area contributed by atoms with Crippen molar-refractivity contribution < 1.29 is 13.2 Å². The van der Waals surface area contributed by atoms with E-state index in [2.05, 4.69) is 10.3 Å². The van der Waals surface area contributed by atoms with Crippen molar-refractivity contribution in [3.8, 4) is 0 Å². The molecule has 2 aromatic rings. The summed E-state index contributed by atoms with van der Waals surface area (Å²) in [6, 6.07) is 6.35. The molecule has 0 bridgehead atoms. The third-order valence-electron chi connectivity index (χ3n) is 4.01. The van der Waals surface area contributed by atoms with Crippen molar-refractivity contribution in [3.05, 3.63) is 36.0 Å². The summed E-state index contributed by atoms with van der Waals surface area (Å²) in [4.78, 5) is 6.00. The van der Waals surface area contributed by atoms with E-state index >= 15 is 0 Å². The topological polar surface area (TPSA) is 28.2 Å². The van der Waals surface area contributed by atoms with E-state index in [0.717, 1.165) is 31.3 Å². The molecule has 0 amide bonds. The fraction of sp³-hybridized carbons (Fsp3) is 0.400. The van der Waals surface area contributed by atoms with Crippen molar-refractivity contribution in [2.24, 2.45) is 0 Å². The minimum atomic E-state index is -4.39. The Morgan fingerprint density at radius 2 is 2.10 bits per heavy atom. The summed E-state index contributed by atoms with van der Waals surface area (Å²) in [6.07, 6.45) is -2.00. The number of halogens is 3. The van der Waals surface area contributed by atoms with Gasteiger partial charge in [0.1, 0.15) is 0 Å². The van der Waals surface area contributed by atoms with Crippen LogP contribution in [-0.4, -0.2) is 31.2 Å². The molecular formula is C15H16F3N3. The summed E-state index contributed by atoms with van der Waals surface area (Å²) in [5, 5.41) is 3.81. The fourth-order valence-electron chi connectivity index (χ4n) is 2.86. The predicted molar refractivity (Wildman–Crippen MR) is 76.4 cm³/mol. The van der Waals surface area contributed by atoms with Crippen LogP contribution in [0.25, 0.3) is 10.9 Å². The van der Waals surface area contributed by atoms with Gasteiger partial charge in [0.05, 0.1) is 11.1 Å². The Balaban J connectivity index is 2.12. The van der Waals surface area contributed by atoms with Gasteiger partial charge in [0.25, 0.3) is 0 Å². The lowest BCUT2D eigenvalue weighted by molar-refractivity contribution is -0.136. The molecule has 1 aromatic carbocycles. The fourth-order valence-corrected chi connectivity index (χ4v) is 2.86. The number of anilines is 1. The third-order valence-corrected chi connectivity index (χ3v) is 4.01. The van der Waals surface area contributed by atoms with E-state index in [0.29, 0.717) is 11.4 Å². The van der Waals surface area contributed by atoms with Gasteiger partial charge in [-0.3, -0.25) is 4.98 Å². The van der Waals surface area contributed by atoms with Gasteiger partial charge in [-0.25, -0.2) is 0 Å². The van der Waals surface area contributed by atoms with Gasteiger partial charge in [-0.2, -0.15) is 13.2 Å². The average Bonchev–Trinajstić information content (AvgIpc) is 2.98. The highest BCUT2D eigenvalue weighted by Crippen LogP contribution is 2.37. The van der Waals surface area contributed by atoms with Crippen molar-refractivity contribution in [2.45, 2.75) is 18.6 Å². The summed E-state index contributed by atoms with van der Waals surface area (Å²) in [7, 11) is 1.92. The quantitative estimate of drug-likeness (QED) is 0.923. The van der Waals surface area contributed by atoms with Crippen LogP contribution < -0.4 is 10.2 Å². The summed E-state index contributed by atoms with van der Waals surface area (Å²) < 4.78 is 39.3. The molecule has 6 heteroatoms. The summed E-state index contributed by atoms with van der Waals surface area (Å²) in [5.41, 5.74) is 0.125. The Morgan fingerprint density at radius 1 is 1.29 bits per heavy atom. The van der Waals surface area contributed by atoms with Crippen molar-refractivity contribution in [1.82, 2.24) is 10.3 Å². The number of alkyl halides is 3. The zero-order chi connectivity index (χ0) is 15.0. The molecule has 1 saturated heterocycles. The van der Waals surface area contributed by atoms with Gasteiger partial charge in [-0.1, -0.05) is 0 Å². The number of pyridine rings is 1. The highest BCUT2D eigenvalue weighted by atomic mass is 19.4. The smallest absolute Gasteiger partial charge is 0.370 e. The largest absolute Gasteiger partial charge is 0.418 e. The lowest BCUT2D eigenvalue weighted by Crippen LogP contribution is -2.33. The predicted octanol–water partition coefficient (Wildman–Crippen LogP) is 3.05. The van der Waals surface area contributed by atoms with Gasteiger partial charge in [0.2, 0.25) is 0 Å². The van der Waals surface area contributed by atoms with Gasteiger partial charge in [0.15, 0.2) is 0 Å². The van der Waals surface area contributed by atoms with Crippen LogP contribution in [-0.2, 0) is 6.18 Å². The second-order valence-electron chi connectivity index (χ2n) is 5.29. The molecule has 1 aromatic heterocycles. The molecule has 1 aliphatic heterocycles. The first-order valence-corrected chi connectivity index (χ1v) is 6.87. The molecule has 2 heterocycles. The molecule has 1 atom stereocenters. The number of nitrogens with one attached hydrogen (secondary N) is 1. The van der Waals surface area contributed by atoms with Gasteiger partial charge < -0.3 is 10.2 Å². The zero-order valence-electron chi connectivity index (χ0n) is 11.6. The Labute approximate surface area is 120 Å². The van der Waals surface area contributed by atoms with Crippen molar-refractivity contribution in [1.29, 1.82) is 0 Å². The number of likely N-dealkylation sites (N-methyl/N-ethyl adjacent to an activating group) is 1. The van der Waals surface area contributed by atoms with Gasteiger partial charge in [0, 0.05) is 36.9 Å². The maximum absolute atomic E-state index is 13.1. The third kappa shape index (κ3) is 2.55. The molecule has 0 spiro atoms. The van der Waals surface area contributed by atoms with E-state index in [1.165, 1.54) is 6.20 Å². The first-order chi connectivity index (χ1) is 9.98. The van der Waals surface area contributed by atoms with Crippen LogP contribution in [0, 0.1) is 0 Å². The first kappa shape index (κ1) is 14.1. The molecule has 3 nitrogen and oxygen atoms in total. The monoisotopic (exact) mass is 295 g/mol. The van der Waals surface area contributed by atoms with E-state index < -0.39 is 11.7 Å². The van der Waals surface area contributed by atoms with Gasteiger partial charge in [-0.05, 0) is 37.2 Å². The standard InChI is InChI=1S/C15H16F3N3/c1-21(10-6-8-19-9-10)13-5-4-12(15(16,17)18)14-11(13)3-2-7-20-14/h2-5,7,10,19H,6,8-9H2,1H3/t10-/m0/s1. The lowest BCUT2D eigenvalue weighted by atomic mass is 10.1. The van der Waals surface area contributed by atoms with E-state index in [-0.39, 0.29) is 5.52 Å². The number of hydrogen-bond donors (Lipinski definition) is 1. The van der Waals surface area contributed by atoms with Crippen LogP contribution in [0.4, 0.5) is 18.9 Å². The second-order valence-corrected chi connectivity index (χ2v) is 5.29. The number of hydrogen-bond acceptors (Lipinski definition) is 3. The summed E-state index contributed by atoms with van der Waals surface area (Å²) >= 11 is 0. The Bertz CT molecular complexity index is 648. The van der Waals surface area contributed by atoms with E-state index in [1.54, 1.807) is 18.2 Å². The maximum atomic E-state index is 13.1. The minimum Gasteiger partial charge on any atom is -0.370 e. The number of rotatable bonds is 2. The summed E-state index contributed by atoms with van der Waals surface area (Å²) in [5.74, 6) is 0. The van der Waals surface area contributed by atoms with Crippen LogP contribution >= 0.6 is 0 Å². The van der Waals surface area contributed by atoms with E-state index in [4.69, 9.17) is 0 Å². The molecule has 0 radical (unpaired) electrons. The molecule has 1 aliphatic rings. The van der Waals surface area contributed by atoms with Crippen LogP contribution in [0.5, 0.6) is 0 Å². The highest BCUT2D eigenvalue weighted by Gasteiger charge is 2.34. The lowest BCUT2D eigenvalue weighted by Gasteiger charge is -2.27. The van der Waals surface area contributed by atoms with Crippen molar-refractivity contribution in [2.75, 3.05) is 25.0 Å². The molecule has 0 saturated carbocycles. The van der Waals surface area contributed by atoms with E-state index in [1.807, 2.05) is 11.9 Å². The second kappa shape index (κ2) is 5.18. The zero-order valence-corrected chi connectivity index (χ0v) is 11.6. The molecule has 112 valence electrons. The molecule has 1 N–H and O–H groups in total. The van der Waals surface area contributed by atoms with Crippen LogP contribution in [0.15, 0.2) is 30.5 Å². The Morgan fingerprint density at radius 3 is 2.76 bits per heavy atom. The van der Waals surface area contributed by atoms with Gasteiger partial charge in [-0.15, -0.1) is 0 Å². The number of nitrogens with zero attached hydrogens (tertiary/aromatic N) is 2. The van der Waals surface area contributed by atoms with Crippen LogP contribution in [0.1, 0.15) is 12.0 Å². The minimum absolute atomic E-state index is 0.0142. The Kier molecular flexibility index (Phi) is 3.49. The van der Waals surface area contributed by atoms with Crippen LogP contribution in [0.3, 0.4) is 0 Å². The SMILES string of the molecule is CN(c1ccc(C(F)(F)F)c2ncccc12)[C@H]1CCNC1. The molecule has 3 rings (SSSR count). The number of aromatic nitrogens is 1.